The van der Waals surface area contributed by atoms with Crippen molar-refractivity contribution in [3.05, 3.63) is 45.3 Å². The van der Waals surface area contributed by atoms with Gasteiger partial charge in [0.25, 0.3) is 0 Å². The average molecular weight is 342 g/mol. The fourth-order valence-electron chi connectivity index (χ4n) is 1.39. The normalized spacial score (nSPS) is 17.0. The average Bonchev–Trinajstić information content (AvgIpc) is 2.60. The van der Waals surface area contributed by atoms with Gasteiger partial charge in [0.2, 0.25) is 5.90 Å². The minimum Gasteiger partial charge on any atom is -0.402 e. The summed E-state index contributed by atoms with van der Waals surface area (Å²) < 4.78 is 6.16. The minimum absolute atomic E-state index is 0.324. The molecule has 88 valence electrons. The molecule has 17 heavy (non-hydrogen) atoms. The molecule has 1 aliphatic rings. The van der Waals surface area contributed by atoms with Crippen LogP contribution in [0, 0.1) is 3.57 Å². The molecule has 1 aromatic rings. The SMILES string of the molecule is CN(C)/C=C1\N=C(c2ccccc2I)OC1=O. The van der Waals surface area contributed by atoms with Crippen LogP contribution in [0.5, 0.6) is 0 Å². The van der Waals surface area contributed by atoms with Gasteiger partial charge in [0.15, 0.2) is 5.70 Å². The van der Waals surface area contributed by atoms with Crippen molar-refractivity contribution in [3.63, 3.8) is 0 Å². The second-order valence-electron chi connectivity index (χ2n) is 3.76. The Hall–Kier alpha value is -1.37. The smallest absolute Gasteiger partial charge is 0.365 e. The molecule has 0 aliphatic carbocycles. The lowest BCUT2D eigenvalue weighted by molar-refractivity contribution is -0.130. The molecule has 4 nitrogen and oxygen atoms in total. The fraction of sp³-hybridized carbons (Fsp3) is 0.167. The van der Waals surface area contributed by atoms with E-state index in [2.05, 4.69) is 27.6 Å². The number of aliphatic imine (C=N–C) groups is 1. The van der Waals surface area contributed by atoms with Crippen LogP contribution in [0.25, 0.3) is 0 Å². The first kappa shape index (κ1) is 12.1. The molecule has 0 bridgehead atoms. The van der Waals surface area contributed by atoms with E-state index in [4.69, 9.17) is 4.74 Å². The molecule has 0 N–H and O–H groups in total. The van der Waals surface area contributed by atoms with Gasteiger partial charge in [-0.2, -0.15) is 0 Å². The van der Waals surface area contributed by atoms with Crippen molar-refractivity contribution in [1.29, 1.82) is 0 Å². The molecule has 0 saturated heterocycles. The van der Waals surface area contributed by atoms with E-state index in [9.17, 15) is 4.79 Å². The Bertz CT molecular complexity index is 521. The fourth-order valence-corrected chi connectivity index (χ4v) is 2.01. The molecular formula is C12H11IN2O2. The Morgan fingerprint density at radius 1 is 1.35 bits per heavy atom. The van der Waals surface area contributed by atoms with E-state index in [-0.39, 0.29) is 0 Å². The van der Waals surface area contributed by atoms with E-state index in [0.717, 1.165) is 9.13 Å². The zero-order valence-corrected chi connectivity index (χ0v) is 11.6. The van der Waals surface area contributed by atoms with Crippen molar-refractivity contribution in [3.8, 4) is 0 Å². The number of halogens is 1. The number of carbonyl (C=O) groups is 1. The maximum atomic E-state index is 11.6. The number of carbonyl (C=O) groups excluding carboxylic acids is 1. The zero-order valence-electron chi connectivity index (χ0n) is 9.48. The quantitative estimate of drug-likeness (QED) is 0.469. The molecule has 2 rings (SSSR count). The number of rotatable bonds is 2. The summed E-state index contributed by atoms with van der Waals surface area (Å²) in [4.78, 5) is 17.5. The molecule has 0 amide bonds. The number of hydrogen-bond acceptors (Lipinski definition) is 4. The van der Waals surface area contributed by atoms with Crippen molar-refractivity contribution in [2.24, 2.45) is 4.99 Å². The highest BCUT2D eigenvalue weighted by Gasteiger charge is 2.25. The van der Waals surface area contributed by atoms with Crippen LogP contribution in [0.3, 0.4) is 0 Å². The third-order valence-corrected chi connectivity index (χ3v) is 3.05. The van der Waals surface area contributed by atoms with Gasteiger partial charge in [0.1, 0.15) is 0 Å². The van der Waals surface area contributed by atoms with Crippen LogP contribution >= 0.6 is 22.6 Å². The van der Waals surface area contributed by atoms with Crippen molar-refractivity contribution in [2.75, 3.05) is 14.1 Å². The van der Waals surface area contributed by atoms with Gasteiger partial charge in [-0.15, -0.1) is 0 Å². The van der Waals surface area contributed by atoms with Crippen molar-refractivity contribution in [2.45, 2.75) is 0 Å². The van der Waals surface area contributed by atoms with Gasteiger partial charge < -0.3 is 9.64 Å². The number of hydrogen-bond donors (Lipinski definition) is 0. The first-order chi connectivity index (χ1) is 8.08. The number of ether oxygens (including phenoxy) is 1. The first-order valence-electron chi connectivity index (χ1n) is 5.02. The third-order valence-electron chi connectivity index (χ3n) is 2.11. The van der Waals surface area contributed by atoms with E-state index < -0.39 is 5.97 Å². The van der Waals surface area contributed by atoms with E-state index in [0.29, 0.717) is 11.6 Å². The summed E-state index contributed by atoms with van der Waals surface area (Å²) in [7, 11) is 3.67. The van der Waals surface area contributed by atoms with Crippen LogP contribution in [-0.2, 0) is 9.53 Å². The van der Waals surface area contributed by atoms with E-state index in [1.54, 1.807) is 11.1 Å². The Kier molecular flexibility index (Phi) is 3.46. The van der Waals surface area contributed by atoms with Crippen molar-refractivity contribution in [1.82, 2.24) is 4.90 Å². The van der Waals surface area contributed by atoms with Crippen LogP contribution in [0.15, 0.2) is 41.2 Å². The molecule has 0 saturated carbocycles. The largest absolute Gasteiger partial charge is 0.402 e. The Labute approximate surface area is 113 Å². The summed E-state index contributed by atoms with van der Waals surface area (Å²) >= 11 is 2.19. The second-order valence-corrected chi connectivity index (χ2v) is 4.93. The first-order valence-corrected chi connectivity index (χ1v) is 6.10. The van der Waals surface area contributed by atoms with E-state index >= 15 is 0 Å². The molecule has 1 aromatic carbocycles. The Morgan fingerprint density at radius 2 is 2.06 bits per heavy atom. The summed E-state index contributed by atoms with van der Waals surface area (Å²) in [5.74, 6) is -0.0403. The van der Waals surface area contributed by atoms with Crippen LogP contribution in [0.2, 0.25) is 0 Å². The third kappa shape index (κ3) is 2.66. The molecule has 1 heterocycles. The lowest BCUT2D eigenvalue weighted by atomic mass is 10.2. The molecule has 0 radical (unpaired) electrons. The molecular weight excluding hydrogens is 331 g/mol. The predicted molar refractivity (Wildman–Crippen MR) is 73.6 cm³/mol. The lowest BCUT2D eigenvalue weighted by Gasteiger charge is -2.02. The molecule has 5 heteroatoms. The van der Waals surface area contributed by atoms with Gasteiger partial charge in [-0.1, -0.05) is 12.1 Å². The van der Waals surface area contributed by atoms with Gasteiger partial charge in [-0.05, 0) is 34.7 Å². The molecule has 0 aromatic heterocycles. The molecule has 0 atom stereocenters. The summed E-state index contributed by atoms with van der Waals surface area (Å²) in [5, 5.41) is 0. The Morgan fingerprint density at radius 3 is 2.71 bits per heavy atom. The van der Waals surface area contributed by atoms with E-state index in [1.165, 1.54) is 0 Å². The summed E-state index contributed by atoms with van der Waals surface area (Å²) in [6.07, 6.45) is 1.64. The minimum atomic E-state index is -0.409. The highest BCUT2D eigenvalue weighted by molar-refractivity contribution is 14.1. The van der Waals surface area contributed by atoms with Crippen LogP contribution < -0.4 is 0 Å². The monoisotopic (exact) mass is 342 g/mol. The predicted octanol–water partition coefficient (Wildman–Crippen LogP) is 2.00. The summed E-state index contributed by atoms with van der Waals surface area (Å²) in [6, 6.07) is 7.65. The summed E-state index contributed by atoms with van der Waals surface area (Å²) in [5.41, 5.74) is 1.16. The topological polar surface area (TPSA) is 41.9 Å². The van der Waals surface area contributed by atoms with Crippen LogP contribution in [-0.4, -0.2) is 30.9 Å². The number of benzene rings is 1. The molecule has 0 unspecified atom stereocenters. The van der Waals surface area contributed by atoms with Gasteiger partial charge in [-0.3, -0.25) is 0 Å². The second kappa shape index (κ2) is 4.87. The van der Waals surface area contributed by atoms with Crippen molar-refractivity contribution < 1.29 is 9.53 Å². The van der Waals surface area contributed by atoms with Crippen molar-refractivity contribution >= 4 is 34.5 Å². The maximum Gasteiger partial charge on any atom is 0.365 e. The van der Waals surface area contributed by atoms with Gasteiger partial charge in [0, 0.05) is 23.9 Å². The van der Waals surface area contributed by atoms with E-state index in [1.807, 2.05) is 38.4 Å². The number of cyclic esters (lactones) is 1. The van der Waals surface area contributed by atoms with Gasteiger partial charge in [0.05, 0.1) is 5.56 Å². The molecule has 1 aliphatic heterocycles. The van der Waals surface area contributed by atoms with Crippen LogP contribution in [0.4, 0.5) is 0 Å². The number of esters is 1. The molecule has 0 fully saturated rings. The maximum absolute atomic E-state index is 11.6. The highest BCUT2D eigenvalue weighted by atomic mass is 127. The van der Waals surface area contributed by atoms with Gasteiger partial charge >= 0.3 is 5.97 Å². The standard InChI is InChI=1S/C12H11IN2O2/c1-15(2)7-10-12(16)17-11(14-10)8-5-3-4-6-9(8)13/h3-7H,1-2H3/b10-7-. The summed E-state index contributed by atoms with van der Waals surface area (Å²) in [6.45, 7) is 0. The zero-order chi connectivity index (χ0) is 12.4. The highest BCUT2D eigenvalue weighted by Crippen LogP contribution is 2.20. The lowest BCUT2D eigenvalue weighted by Crippen LogP contribution is -2.08. The van der Waals surface area contributed by atoms with Crippen LogP contribution in [0.1, 0.15) is 5.56 Å². The van der Waals surface area contributed by atoms with Gasteiger partial charge in [-0.25, -0.2) is 9.79 Å². The Balaban J connectivity index is 2.37. The molecule has 0 spiro atoms. The number of nitrogens with zero attached hydrogens (tertiary/aromatic N) is 2.